The third kappa shape index (κ3) is 4.42. The van der Waals surface area contributed by atoms with E-state index in [0.717, 1.165) is 30.3 Å². The zero-order chi connectivity index (χ0) is 19.6. The molecule has 27 heavy (non-hydrogen) atoms. The Morgan fingerprint density at radius 1 is 1.30 bits per heavy atom. The summed E-state index contributed by atoms with van der Waals surface area (Å²) in [5.74, 6) is -0.323. The van der Waals surface area contributed by atoms with Crippen molar-refractivity contribution in [3.63, 3.8) is 0 Å². The number of hydrogen-bond donors (Lipinski definition) is 1. The van der Waals surface area contributed by atoms with Gasteiger partial charge in [0, 0.05) is 28.7 Å². The average molecular weight is 453 g/mol. The molecule has 6 nitrogen and oxygen atoms in total. The van der Waals surface area contributed by atoms with Gasteiger partial charge in [0.15, 0.2) is 0 Å². The number of hydrogen-bond acceptors (Lipinski definition) is 4. The Morgan fingerprint density at radius 2 is 2.00 bits per heavy atom. The molecule has 1 amide bonds. The lowest BCUT2D eigenvalue weighted by molar-refractivity contribution is -0.384. The van der Waals surface area contributed by atoms with Gasteiger partial charge in [0.25, 0.3) is 11.6 Å². The maximum absolute atomic E-state index is 12.5. The monoisotopic (exact) mass is 451 g/mol. The summed E-state index contributed by atoms with van der Waals surface area (Å²) in [6, 6.07) is 10.0. The number of nitro benzene ring substituents is 1. The summed E-state index contributed by atoms with van der Waals surface area (Å²) in [5, 5.41) is 14.4. The highest BCUT2D eigenvalue weighted by Gasteiger charge is 2.27. The van der Waals surface area contributed by atoms with Crippen LogP contribution in [0.15, 0.2) is 40.9 Å². The van der Waals surface area contributed by atoms with Crippen LogP contribution in [0.1, 0.15) is 36.5 Å². The van der Waals surface area contributed by atoms with Crippen LogP contribution in [0.5, 0.6) is 0 Å². The summed E-state index contributed by atoms with van der Waals surface area (Å²) < 4.78 is 0.869. The number of anilines is 2. The van der Waals surface area contributed by atoms with Crippen molar-refractivity contribution < 1.29 is 9.72 Å². The number of piperidine rings is 1. The first-order chi connectivity index (χ1) is 12.9. The van der Waals surface area contributed by atoms with Gasteiger partial charge in [-0.05, 0) is 56.5 Å². The Bertz CT molecular complexity index is 873. The molecule has 1 aliphatic rings. The molecule has 0 spiro atoms. The Labute approximate surface area is 170 Å². The van der Waals surface area contributed by atoms with Crippen LogP contribution in [-0.4, -0.2) is 23.4 Å². The molecule has 0 unspecified atom stereocenters. The summed E-state index contributed by atoms with van der Waals surface area (Å²) in [4.78, 5) is 25.6. The number of amides is 1. The molecule has 0 aliphatic carbocycles. The highest BCUT2D eigenvalue weighted by molar-refractivity contribution is 9.10. The second-order valence-corrected chi connectivity index (χ2v) is 7.90. The number of carbonyl (C=O) groups is 1. The van der Waals surface area contributed by atoms with Gasteiger partial charge in [-0.25, -0.2) is 0 Å². The first-order valence-electron chi connectivity index (χ1n) is 8.68. The van der Waals surface area contributed by atoms with E-state index in [-0.39, 0.29) is 22.7 Å². The van der Waals surface area contributed by atoms with E-state index in [1.807, 2.05) is 4.90 Å². The van der Waals surface area contributed by atoms with E-state index < -0.39 is 4.92 Å². The van der Waals surface area contributed by atoms with E-state index in [4.69, 9.17) is 11.6 Å². The van der Waals surface area contributed by atoms with Crippen molar-refractivity contribution in [1.29, 1.82) is 0 Å². The molecule has 1 N–H and O–H groups in total. The predicted octanol–water partition coefficient (Wildman–Crippen LogP) is 5.64. The molecule has 0 bridgehead atoms. The molecule has 0 saturated carbocycles. The van der Waals surface area contributed by atoms with Gasteiger partial charge in [0.05, 0.1) is 15.6 Å². The van der Waals surface area contributed by atoms with E-state index in [1.165, 1.54) is 6.07 Å². The van der Waals surface area contributed by atoms with E-state index in [1.54, 1.807) is 30.3 Å². The molecule has 1 heterocycles. The fourth-order valence-corrected chi connectivity index (χ4v) is 3.74. The molecular formula is C19H19BrClN3O3. The van der Waals surface area contributed by atoms with Crippen molar-refractivity contribution in [3.05, 3.63) is 61.6 Å². The normalized spacial score (nSPS) is 16.9. The van der Waals surface area contributed by atoms with Crippen LogP contribution in [0.4, 0.5) is 17.1 Å². The van der Waals surface area contributed by atoms with Crippen molar-refractivity contribution in [2.24, 2.45) is 0 Å². The van der Waals surface area contributed by atoms with Crippen LogP contribution in [-0.2, 0) is 0 Å². The van der Waals surface area contributed by atoms with E-state index in [2.05, 4.69) is 28.2 Å². The quantitative estimate of drug-likeness (QED) is 0.481. The first-order valence-corrected chi connectivity index (χ1v) is 9.85. The minimum absolute atomic E-state index is 0.0459. The van der Waals surface area contributed by atoms with Crippen molar-refractivity contribution in [2.45, 2.75) is 32.2 Å². The molecule has 0 radical (unpaired) electrons. The van der Waals surface area contributed by atoms with Crippen molar-refractivity contribution in [3.8, 4) is 0 Å². The summed E-state index contributed by atoms with van der Waals surface area (Å²) in [6.07, 6.45) is 3.05. The van der Waals surface area contributed by atoms with Crippen LogP contribution >= 0.6 is 27.5 Å². The largest absolute Gasteiger partial charge is 0.363 e. The predicted molar refractivity (Wildman–Crippen MR) is 111 cm³/mol. The summed E-state index contributed by atoms with van der Waals surface area (Å²) in [5.41, 5.74) is 1.28. The van der Waals surface area contributed by atoms with Crippen LogP contribution in [0.25, 0.3) is 0 Å². The van der Waals surface area contributed by atoms with Crippen molar-refractivity contribution in [1.82, 2.24) is 0 Å². The molecule has 1 saturated heterocycles. The van der Waals surface area contributed by atoms with Gasteiger partial charge in [-0.15, -0.1) is 0 Å². The fraction of sp³-hybridized carbons (Fsp3) is 0.316. The standard InChI is InChI=1S/C19H19BrClN3O3/c1-12-4-2-3-9-23(12)17-11-16(15(21)10-18(17)24(26)27)22-19(25)13-5-7-14(20)8-6-13/h5-8,10-12H,2-4,9H2,1H3,(H,22,25)/t12-/m1/s1. The van der Waals surface area contributed by atoms with E-state index >= 15 is 0 Å². The third-order valence-electron chi connectivity index (χ3n) is 4.73. The smallest absolute Gasteiger partial charge is 0.294 e. The lowest BCUT2D eigenvalue weighted by Gasteiger charge is -2.35. The topological polar surface area (TPSA) is 75.5 Å². The Hall–Kier alpha value is -2.12. The van der Waals surface area contributed by atoms with Gasteiger partial charge in [-0.3, -0.25) is 14.9 Å². The molecule has 1 aliphatic heterocycles. The van der Waals surface area contributed by atoms with Gasteiger partial charge in [0.1, 0.15) is 5.69 Å². The number of benzene rings is 2. The molecule has 1 fully saturated rings. The van der Waals surface area contributed by atoms with Crippen molar-refractivity contribution in [2.75, 3.05) is 16.8 Å². The SMILES string of the molecule is C[C@@H]1CCCCN1c1cc(NC(=O)c2ccc(Br)cc2)c(Cl)cc1[N+](=O)[O-]. The molecule has 3 rings (SSSR count). The van der Waals surface area contributed by atoms with Gasteiger partial charge >= 0.3 is 0 Å². The minimum Gasteiger partial charge on any atom is -0.363 e. The summed E-state index contributed by atoms with van der Waals surface area (Å²) >= 11 is 9.56. The Morgan fingerprint density at radius 3 is 2.63 bits per heavy atom. The number of carbonyl (C=O) groups excluding carboxylic acids is 1. The second-order valence-electron chi connectivity index (χ2n) is 6.58. The number of nitrogens with one attached hydrogen (secondary N) is 1. The van der Waals surface area contributed by atoms with E-state index in [0.29, 0.717) is 16.9 Å². The minimum atomic E-state index is -0.428. The lowest BCUT2D eigenvalue weighted by Crippen LogP contribution is -2.37. The highest BCUT2D eigenvalue weighted by Crippen LogP contribution is 2.39. The average Bonchev–Trinajstić information content (AvgIpc) is 2.64. The van der Waals surface area contributed by atoms with Crippen LogP contribution in [0.2, 0.25) is 5.02 Å². The highest BCUT2D eigenvalue weighted by atomic mass is 79.9. The Kier molecular flexibility index (Phi) is 6.01. The van der Waals surface area contributed by atoms with Crippen LogP contribution < -0.4 is 10.2 Å². The number of nitro groups is 1. The van der Waals surface area contributed by atoms with Gasteiger partial charge in [0.2, 0.25) is 0 Å². The number of rotatable bonds is 4. The summed E-state index contributed by atoms with van der Waals surface area (Å²) in [7, 11) is 0. The zero-order valence-corrected chi connectivity index (χ0v) is 17.1. The van der Waals surface area contributed by atoms with E-state index in [9.17, 15) is 14.9 Å². The van der Waals surface area contributed by atoms with Crippen LogP contribution in [0, 0.1) is 10.1 Å². The first kappa shape index (κ1) is 19.6. The molecule has 142 valence electrons. The molecule has 2 aromatic carbocycles. The number of nitrogens with zero attached hydrogens (tertiary/aromatic N) is 2. The van der Waals surface area contributed by atoms with Gasteiger partial charge in [-0.2, -0.15) is 0 Å². The van der Waals surface area contributed by atoms with Crippen LogP contribution in [0.3, 0.4) is 0 Å². The van der Waals surface area contributed by atoms with Gasteiger partial charge in [-0.1, -0.05) is 27.5 Å². The Balaban J connectivity index is 1.95. The number of halogens is 2. The lowest BCUT2D eigenvalue weighted by atomic mass is 10.0. The molecular weight excluding hydrogens is 434 g/mol. The third-order valence-corrected chi connectivity index (χ3v) is 5.57. The van der Waals surface area contributed by atoms with Crippen molar-refractivity contribution >= 4 is 50.5 Å². The molecule has 0 aromatic heterocycles. The fourth-order valence-electron chi connectivity index (χ4n) is 3.28. The van der Waals surface area contributed by atoms with Gasteiger partial charge < -0.3 is 10.2 Å². The summed E-state index contributed by atoms with van der Waals surface area (Å²) in [6.45, 7) is 2.79. The molecule has 8 heteroatoms. The molecule has 2 aromatic rings. The molecule has 1 atom stereocenters. The second kappa shape index (κ2) is 8.27. The maximum atomic E-state index is 12.5. The zero-order valence-electron chi connectivity index (χ0n) is 14.7. The maximum Gasteiger partial charge on any atom is 0.294 e.